The number of amides is 1. The Labute approximate surface area is 114 Å². The number of nitrogens with zero attached hydrogens (tertiary/aromatic N) is 1. The Morgan fingerprint density at radius 1 is 1.20 bits per heavy atom. The van der Waals surface area contributed by atoms with Crippen molar-refractivity contribution in [3.05, 3.63) is 59.7 Å². The van der Waals surface area contributed by atoms with Crippen molar-refractivity contribution in [2.75, 3.05) is 5.32 Å². The highest BCUT2D eigenvalue weighted by Gasteiger charge is 2.12. The van der Waals surface area contributed by atoms with E-state index in [-0.39, 0.29) is 23.5 Å². The van der Waals surface area contributed by atoms with E-state index in [1.807, 2.05) is 0 Å². The smallest absolute Gasteiger partial charge is 0.337 e. The molecule has 5 nitrogen and oxygen atoms in total. The lowest BCUT2D eigenvalue weighted by Gasteiger charge is -2.07. The van der Waals surface area contributed by atoms with E-state index in [4.69, 9.17) is 5.11 Å². The summed E-state index contributed by atoms with van der Waals surface area (Å²) in [6.45, 7) is 0. The molecule has 1 aromatic heterocycles. The van der Waals surface area contributed by atoms with Gasteiger partial charge in [0.2, 0.25) is 5.91 Å². The van der Waals surface area contributed by atoms with Crippen LogP contribution in [0.2, 0.25) is 0 Å². The molecule has 20 heavy (non-hydrogen) atoms. The largest absolute Gasteiger partial charge is 0.478 e. The van der Waals surface area contributed by atoms with Gasteiger partial charge in [0.25, 0.3) is 0 Å². The monoisotopic (exact) mass is 274 g/mol. The third-order valence-corrected chi connectivity index (χ3v) is 2.60. The lowest BCUT2D eigenvalue weighted by Crippen LogP contribution is -2.17. The molecule has 0 atom stereocenters. The first-order chi connectivity index (χ1) is 9.56. The first kappa shape index (κ1) is 13.7. The third kappa shape index (κ3) is 3.38. The van der Waals surface area contributed by atoms with Crippen molar-refractivity contribution in [1.29, 1.82) is 0 Å². The molecule has 0 bridgehead atoms. The standard InChI is InChI=1S/C14H11FN2O3/c15-10-3-1-9(2-4-10)7-13(18)17-12-8-16-6-5-11(12)14(19)20/h1-6,8H,7H2,(H,17,18)(H,19,20). The average molecular weight is 274 g/mol. The molecule has 2 N–H and O–H groups in total. The molecule has 0 aliphatic rings. The molecule has 0 spiro atoms. The number of aromatic carboxylic acids is 1. The van der Waals surface area contributed by atoms with Gasteiger partial charge in [-0.3, -0.25) is 9.78 Å². The van der Waals surface area contributed by atoms with Crippen molar-refractivity contribution in [1.82, 2.24) is 4.98 Å². The normalized spacial score (nSPS) is 10.1. The summed E-state index contributed by atoms with van der Waals surface area (Å²) in [5.41, 5.74) is 0.726. The third-order valence-electron chi connectivity index (χ3n) is 2.60. The Morgan fingerprint density at radius 3 is 2.55 bits per heavy atom. The maximum atomic E-state index is 12.7. The van der Waals surface area contributed by atoms with E-state index in [1.54, 1.807) is 0 Å². The van der Waals surface area contributed by atoms with Gasteiger partial charge in [0, 0.05) is 6.20 Å². The zero-order valence-electron chi connectivity index (χ0n) is 10.3. The molecule has 1 heterocycles. The summed E-state index contributed by atoms with van der Waals surface area (Å²) in [5, 5.41) is 11.5. The average Bonchev–Trinajstić information content (AvgIpc) is 2.41. The molecule has 2 rings (SSSR count). The fourth-order valence-electron chi connectivity index (χ4n) is 1.66. The molecule has 0 aliphatic carbocycles. The number of benzene rings is 1. The summed E-state index contributed by atoms with van der Waals surface area (Å²) >= 11 is 0. The molecule has 0 unspecified atom stereocenters. The van der Waals surface area contributed by atoms with Crippen LogP contribution >= 0.6 is 0 Å². The quantitative estimate of drug-likeness (QED) is 0.894. The van der Waals surface area contributed by atoms with Gasteiger partial charge < -0.3 is 10.4 Å². The van der Waals surface area contributed by atoms with Crippen LogP contribution in [0, 0.1) is 5.82 Å². The molecule has 102 valence electrons. The number of carboxylic acid groups (broad SMARTS) is 1. The number of carbonyl (C=O) groups is 2. The number of halogens is 1. The van der Waals surface area contributed by atoms with E-state index in [0.717, 1.165) is 0 Å². The highest BCUT2D eigenvalue weighted by atomic mass is 19.1. The van der Waals surface area contributed by atoms with Crippen molar-refractivity contribution in [3.8, 4) is 0 Å². The Kier molecular flexibility index (Phi) is 4.05. The number of hydrogen-bond donors (Lipinski definition) is 2. The van der Waals surface area contributed by atoms with E-state index in [2.05, 4.69) is 10.3 Å². The topological polar surface area (TPSA) is 79.3 Å². The van der Waals surface area contributed by atoms with Gasteiger partial charge in [-0.25, -0.2) is 9.18 Å². The predicted octanol–water partition coefficient (Wildman–Crippen LogP) is 2.10. The van der Waals surface area contributed by atoms with Gasteiger partial charge in [-0.05, 0) is 23.8 Å². The number of anilines is 1. The highest BCUT2D eigenvalue weighted by Crippen LogP contribution is 2.14. The van der Waals surface area contributed by atoms with E-state index in [9.17, 15) is 14.0 Å². The number of pyridine rings is 1. The Bertz CT molecular complexity index is 641. The summed E-state index contributed by atoms with van der Waals surface area (Å²) in [7, 11) is 0. The first-order valence-corrected chi connectivity index (χ1v) is 5.78. The molecule has 2 aromatic rings. The molecule has 1 aromatic carbocycles. The van der Waals surface area contributed by atoms with Crippen LogP contribution in [0.1, 0.15) is 15.9 Å². The number of carboxylic acids is 1. The molecule has 0 saturated heterocycles. The van der Waals surface area contributed by atoms with Gasteiger partial charge in [-0.1, -0.05) is 12.1 Å². The van der Waals surface area contributed by atoms with E-state index in [1.165, 1.54) is 42.7 Å². The van der Waals surface area contributed by atoms with Crippen molar-refractivity contribution >= 4 is 17.6 Å². The molecular formula is C14H11FN2O3. The SMILES string of the molecule is O=C(Cc1ccc(F)cc1)Nc1cnccc1C(=O)O. The number of rotatable bonds is 4. The Morgan fingerprint density at radius 2 is 1.90 bits per heavy atom. The summed E-state index contributed by atoms with van der Waals surface area (Å²) in [6, 6.07) is 6.81. The lowest BCUT2D eigenvalue weighted by molar-refractivity contribution is -0.115. The number of aromatic nitrogens is 1. The van der Waals surface area contributed by atoms with E-state index < -0.39 is 11.9 Å². The van der Waals surface area contributed by atoms with Crippen molar-refractivity contribution in [2.24, 2.45) is 0 Å². The minimum Gasteiger partial charge on any atom is -0.478 e. The summed E-state index contributed by atoms with van der Waals surface area (Å²) in [5.74, 6) is -1.92. The van der Waals surface area contributed by atoms with Crippen LogP contribution < -0.4 is 5.32 Å². The van der Waals surface area contributed by atoms with Gasteiger partial charge >= 0.3 is 5.97 Å². The van der Waals surface area contributed by atoms with Crippen molar-refractivity contribution < 1.29 is 19.1 Å². The van der Waals surface area contributed by atoms with Crippen LogP contribution in [0.5, 0.6) is 0 Å². The molecule has 1 amide bonds. The Hall–Kier alpha value is -2.76. The minimum absolute atomic E-state index is 0.0221. The second-order valence-electron chi connectivity index (χ2n) is 4.08. The first-order valence-electron chi connectivity index (χ1n) is 5.78. The number of hydrogen-bond acceptors (Lipinski definition) is 3. The minimum atomic E-state index is -1.15. The van der Waals surface area contributed by atoms with Gasteiger partial charge in [-0.15, -0.1) is 0 Å². The highest BCUT2D eigenvalue weighted by molar-refractivity contribution is 6.00. The van der Waals surface area contributed by atoms with Crippen LogP contribution in [-0.2, 0) is 11.2 Å². The van der Waals surface area contributed by atoms with Crippen molar-refractivity contribution in [3.63, 3.8) is 0 Å². The zero-order chi connectivity index (χ0) is 14.5. The summed E-state index contributed by atoms with van der Waals surface area (Å²) in [4.78, 5) is 26.6. The van der Waals surface area contributed by atoms with Gasteiger partial charge in [-0.2, -0.15) is 0 Å². The van der Waals surface area contributed by atoms with Crippen LogP contribution in [-0.4, -0.2) is 22.0 Å². The summed E-state index contributed by atoms with van der Waals surface area (Å²) in [6.07, 6.45) is 2.62. The molecule has 0 saturated carbocycles. The maximum Gasteiger partial charge on any atom is 0.337 e. The molecule has 0 aliphatic heterocycles. The van der Waals surface area contributed by atoms with Crippen LogP contribution in [0.15, 0.2) is 42.7 Å². The van der Waals surface area contributed by atoms with Crippen LogP contribution in [0.3, 0.4) is 0 Å². The Balaban J connectivity index is 2.08. The lowest BCUT2D eigenvalue weighted by atomic mass is 10.1. The molecule has 0 radical (unpaired) electrons. The molecule has 6 heteroatoms. The second-order valence-corrected chi connectivity index (χ2v) is 4.08. The predicted molar refractivity (Wildman–Crippen MR) is 69.9 cm³/mol. The van der Waals surface area contributed by atoms with Crippen LogP contribution in [0.4, 0.5) is 10.1 Å². The zero-order valence-corrected chi connectivity index (χ0v) is 10.3. The van der Waals surface area contributed by atoms with Crippen LogP contribution in [0.25, 0.3) is 0 Å². The fraction of sp³-hybridized carbons (Fsp3) is 0.0714. The van der Waals surface area contributed by atoms with E-state index in [0.29, 0.717) is 5.56 Å². The molecule has 0 fully saturated rings. The number of carbonyl (C=O) groups excluding carboxylic acids is 1. The van der Waals surface area contributed by atoms with Gasteiger partial charge in [0.1, 0.15) is 5.82 Å². The molecular weight excluding hydrogens is 263 g/mol. The van der Waals surface area contributed by atoms with Gasteiger partial charge in [0.05, 0.1) is 23.9 Å². The second kappa shape index (κ2) is 5.92. The van der Waals surface area contributed by atoms with Gasteiger partial charge in [0.15, 0.2) is 0 Å². The van der Waals surface area contributed by atoms with Crippen molar-refractivity contribution in [2.45, 2.75) is 6.42 Å². The number of nitrogens with one attached hydrogen (secondary N) is 1. The van der Waals surface area contributed by atoms with E-state index >= 15 is 0 Å². The maximum absolute atomic E-state index is 12.7. The summed E-state index contributed by atoms with van der Waals surface area (Å²) < 4.78 is 12.7. The fourth-order valence-corrected chi connectivity index (χ4v) is 1.66.